The fourth-order valence-electron chi connectivity index (χ4n) is 3.63. The highest BCUT2D eigenvalue weighted by Crippen LogP contribution is 2.27. The Morgan fingerprint density at radius 2 is 1.86 bits per heavy atom. The van der Waals surface area contributed by atoms with Gasteiger partial charge < -0.3 is 9.47 Å². The van der Waals surface area contributed by atoms with E-state index in [4.69, 9.17) is 9.47 Å². The summed E-state index contributed by atoms with van der Waals surface area (Å²) >= 11 is 0. The van der Waals surface area contributed by atoms with Gasteiger partial charge >= 0.3 is 0 Å². The van der Waals surface area contributed by atoms with Crippen molar-refractivity contribution in [1.82, 2.24) is 9.62 Å². The molecule has 0 radical (unpaired) electrons. The predicted octanol–water partition coefficient (Wildman–Crippen LogP) is 3.05. The van der Waals surface area contributed by atoms with Crippen molar-refractivity contribution in [3.05, 3.63) is 59.2 Å². The zero-order valence-electron chi connectivity index (χ0n) is 17.3. The van der Waals surface area contributed by atoms with Gasteiger partial charge in [0.25, 0.3) is 0 Å². The first kappa shape index (κ1) is 21.8. The van der Waals surface area contributed by atoms with Gasteiger partial charge in [-0.1, -0.05) is 30.3 Å². The molecule has 3 rings (SSSR count). The molecule has 29 heavy (non-hydrogen) atoms. The van der Waals surface area contributed by atoms with Crippen LogP contribution in [0.15, 0.2) is 47.4 Å². The SMILES string of the molecule is CCOc1c(C)cc(S(=O)(=O)NCCN2CCOC(c3ccccc3)C2)cc1C. The smallest absolute Gasteiger partial charge is 0.240 e. The van der Waals surface area contributed by atoms with Gasteiger partial charge in [-0.15, -0.1) is 0 Å². The molecule has 2 aromatic carbocycles. The van der Waals surface area contributed by atoms with Crippen LogP contribution in [0, 0.1) is 13.8 Å². The lowest BCUT2D eigenvalue weighted by atomic mass is 10.1. The van der Waals surface area contributed by atoms with Crippen molar-refractivity contribution < 1.29 is 17.9 Å². The van der Waals surface area contributed by atoms with Crippen LogP contribution in [-0.2, 0) is 14.8 Å². The third kappa shape index (κ3) is 5.57. The zero-order chi connectivity index (χ0) is 20.9. The van der Waals surface area contributed by atoms with Gasteiger partial charge in [-0.3, -0.25) is 4.90 Å². The third-order valence-electron chi connectivity index (χ3n) is 5.07. The van der Waals surface area contributed by atoms with Crippen molar-refractivity contribution >= 4 is 10.0 Å². The van der Waals surface area contributed by atoms with Crippen molar-refractivity contribution in [2.75, 3.05) is 39.4 Å². The lowest BCUT2D eigenvalue weighted by Crippen LogP contribution is -2.42. The quantitative estimate of drug-likeness (QED) is 0.714. The minimum absolute atomic E-state index is 0.0259. The van der Waals surface area contributed by atoms with Gasteiger partial charge in [-0.2, -0.15) is 0 Å². The van der Waals surface area contributed by atoms with E-state index in [0.717, 1.165) is 35.5 Å². The highest BCUT2D eigenvalue weighted by atomic mass is 32.2. The lowest BCUT2D eigenvalue weighted by molar-refractivity contribution is -0.0291. The van der Waals surface area contributed by atoms with E-state index in [9.17, 15) is 8.42 Å². The summed E-state index contributed by atoms with van der Waals surface area (Å²) in [5, 5.41) is 0. The summed E-state index contributed by atoms with van der Waals surface area (Å²) in [6.07, 6.45) is 0.0259. The maximum Gasteiger partial charge on any atom is 0.240 e. The van der Waals surface area contributed by atoms with Gasteiger partial charge in [0, 0.05) is 26.2 Å². The molecule has 1 atom stereocenters. The van der Waals surface area contributed by atoms with Crippen LogP contribution < -0.4 is 9.46 Å². The minimum Gasteiger partial charge on any atom is -0.493 e. The maximum atomic E-state index is 12.7. The van der Waals surface area contributed by atoms with Crippen LogP contribution in [0.1, 0.15) is 29.7 Å². The van der Waals surface area contributed by atoms with E-state index in [2.05, 4.69) is 21.8 Å². The van der Waals surface area contributed by atoms with Crippen LogP contribution in [0.3, 0.4) is 0 Å². The van der Waals surface area contributed by atoms with Crippen LogP contribution in [0.4, 0.5) is 0 Å². The van der Waals surface area contributed by atoms with Crippen LogP contribution in [-0.4, -0.2) is 52.7 Å². The second kappa shape index (κ2) is 9.71. The highest BCUT2D eigenvalue weighted by Gasteiger charge is 2.22. The molecule has 0 aliphatic carbocycles. The van der Waals surface area contributed by atoms with E-state index >= 15 is 0 Å². The average molecular weight is 419 g/mol. The van der Waals surface area contributed by atoms with E-state index < -0.39 is 10.0 Å². The van der Waals surface area contributed by atoms with E-state index in [1.165, 1.54) is 0 Å². The molecule has 1 fully saturated rings. The zero-order valence-corrected chi connectivity index (χ0v) is 18.2. The van der Waals surface area contributed by atoms with Gasteiger partial charge in [0.15, 0.2) is 0 Å². The molecule has 1 unspecified atom stereocenters. The monoisotopic (exact) mass is 418 g/mol. The first-order chi connectivity index (χ1) is 13.9. The molecule has 1 N–H and O–H groups in total. The number of benzene rings is 2. The molecule has 6 nitrogen and oxygen atoms in total. The van der Waals surface area contributed by atoms with E-state index in [-0.39, 0.29) is 11.0 Å². The first-order valence-corrected chi connectivity index (χ1v) is 11.5. The summed E-state index contributed by atoms with van der Waals surface area (Å²) in [7, 11) is -3.57. The van der Waals surface area contributed by atoms with Crippen molar-refractivity contribution in [3.8, 4) is 5.75 Å². The van der Waals surface area contributed by atoms with Gasteiger partial charge in [-0.25, -0.2) is 13.1 Å². The van der Waals surface area contributed by atoms with E-state index in [0.29, 0.717) is 26.3 Å². The largest absolute Gasteiger partial charge is 0.493 e. The molecular formula is C22H30N2O4S. The highest BCUT2D eigenvalue weighted by molar-refractivity contribution is 7.89. The molecule has 0 saturated carbocycles. The molecular weight excluding hydrogens is 388 g/mol. The van der Waals surface area contributed by atoms with Crippen molar-refractivity contribution in [2.24, 2.45) is 0 Å². The number of nitrogens with one attached hydrogen (secondary N) is 1. The van der Waals surface area contributed by atoms with E-state index in [1.54, 1.807) is 12.1 Å². The number of rotatable bonds is 8. The molecule has 1 aliphatic heterocycles. The van der Waals surface area contributed by atoms with Crippen LogP contribution in [0.25, 0.3) is 0 Å². The summed E-state index contributed by atoms with van der Waals surface area (Å²) in [5.41, 5.74) is 2.80. The molecule has 7 heteroatoms. The summed E-state index contributed by atoms with van der Waals surface area (Å²) in [6, 6.07) is 13.5. The Hall–Kier alpha value is -1.93. The fraction of sp³-hybridized carbons (Fsp3) is 0.455. The van der Waals surface area contributed by atoms with Gasteiger partial charge in [0.2, 0.25) is 10.0 Å². The second-order valence-corrected chi connectivity index (χ2v) is 9.05. The van der Waals surface area contributed by atoms with Gasteiger partial charge in [0.05, 0.1) is 24.2 Å². The van der Waals surface area contributed by atoms with Crippen molar-refractivity contribution in [1.29, 1.82) is 0 Å². The van der Waals surface area contributed by atoms with Crippen molar-refractivity contribution in [2.45, 2.75) is 31.8 Å². The number of morpholine rings is 1. The summed E-state index contributed by atoms with van der Waals surface area (Å²) in [6.45, 7) is 9.40. The first-order valence-electron chi connectivity index (χ1n) is 10.0. The molecule has 0 aromatic heterocycles. The summed E-state index contributed by atoms with van der Waals surface area (Å²) < 4.78 is 39.7. The standard InChI is InChI=1S/C22H30N2O4S/c1-4-27-22-17(2)14-20(15-18(22)3)29(25,26)23-10-11-24-12-13-28-21(16-24)19-8-6-5-7-9-19/h5-9,14-15,21,23H,4,10-13,16H2,1-3H3. The van der Waals surface area contributed by atoms with Gasteiger partial charge in [-0.05, 0) is 49.6 Å². The lowest BCUT2D eigenvalue weighted by Gasteiger charge is -2.33. The van der Waals surface area contributed by atoms with Crippen molar-refractivity contribution in [3.63, 3.8) is 0 Å². The number of hydrogen-bond donors (Lipinski definition) is 1. The fourth-order valence-corrected chi connectivity index (χ4v) is 4.82. The minimum atomic E-state index is -3.57. The Bertz CT molecular complexity index is 893. The Balaban J connectivity index is 1.58. The van der Waals surface area contributed by atoms with Crippen LogP contribution in [0.2, 0.25) is 0 Å². The Labute approximate surface area is 173 Å². The molecule has 1 heterocycles. The molecule has 2 aromatic rings. The predicted molar refractivity (Wildman–Crippen MR) is 114 cm³/mol. The number of sulfonamides is 1. The van der Waals surface area contributed by atoms with Gasteiger partial charge in [0.1, 0.15) is 5.75 Å². The molecule has 1 aliphatic rings. The summed E-state index contributed by atoms with van der Waals surface area (Å²) in [4.78, 5) is 2.51. The Morgan fingerprint density at radius 3 is 2.52 bits per heavy atom. The Kier molecular flexibility index (Phi) is 7.29. The number of aryl methyl sites for hydroxylation is 2. The van der Waals surface area contributed by atoms with Crippen LogP contribution in [0.5, 0.6) is 5.75 Å². The molecule has 0 bridgehead atoms. The third-order valence-corrected chi connectivity index (χ3v) is 6.52. The molecule has 0 spiro atoms. The van der Waals surface area contributed by atoms with E-state index in [1.807, 2.05) is 39.0 Å². The summed E-state index contributed by atoms with van der Waals surface area (Å²) in [5.74, 6) is 0.756. The number of nitrogens with zero attached hydrogens (tertiary/aromatic N) is 1. The number of hydrogen-bond acceptors (Lipinski definition) is 5. The Morgan fingerprint density at radius 1 is 1.17 bits per heavy atom. The van der Waals surface area contributed by atoms with Crippen LogP contribution >= 0.6 is 0 Å². The number of ether oxygens (including phenoxy) is 2. The normalized spacial score (nSPS) is 18.0. The molecule has 158 valence electrons. The second-order valence-electron chi connectivity index (χ2n) is 7.29. The maximum absolute atomic E-state index is 12.7. The molecule has 0 amide bonds. The topological polar surface area (TPSA) is 67.9 Å². The molecule has 1 saturated heterocycles. The average Bonchev–Trinajstić information content (AvgIpc) is 2.71.